The Morgan fingerprint density at radius 2 is 1.86 bits per heavy atom. The Kier molecular flexibility index (Phi) is 5.22. The van der Waals surface area contributed by atoms with Crippen LogP contribution in [-0.2, 0) is 6.42 Å². The molecule has 2 aliphatic rings. The molecule has 0 saturated carbocycles. The van der Waals surface area contributed by atoms with Crippen LogP contribution in [0.15, 0.2) is 65.5 Å². The van der Waals surface area contributed by atoms with Crippen LogP contribution in [0.5, 0.6) is 0 Å². The lowest BCUT2D eigenvalue weighted by atomic mass is 10.0. The zero-order valence-electron chi connectivity index (χ0n) is 20.0. The second-order valence-corrected chi connectivity index (χ2v) is 10.1. The first-order chi connectivity index (χ1) is 16.9. The van der Waals surface area contributed by atoms with E-state index in [9.17, 15) is 14.7 Å². The van der Waals surface area contributed by atoms with Gasteiger partial charge in [0.1, 0.15) is 0 Å². The minimum absolute atomic E-state index is 0.161. The minimum atomic E-state index is -1.28. The quantitative estimate of drug-likeness (QED) is 0.428. The Morgan fingerprint density at radius 1 is 1.09 bits per heavy atom. The lowest BCUT2D eigenvalue weighted by Gasteiger charge is -2.36. The van der Waals surface area contributed by atoms with E-state index in [0.717, 1.165) is 25.7 Å². The Balaban J connectivity index is 1.37. The lowest BCUT2D eigenvalue weighted by molar-refractivity contribution is 0.0687. The molecule has 6 rings (SSSR count). The highest BCUT2D eigenvalue weighted by molar-refractivity contribution is 5.91. The molecule has 4 aromatic rings. The molecule has 4 atom stereocenters. The predicted molar refractivity (Wildman–Crippen MR) is 137 cm³/mol. The van der Waals surface area contributed by atoms with Gasteiger partial charge in [-0.15, -0.1) is 0 Å². The Labute approximate surface area is 203 Å². The molecular formula is C29H29N3O3. The molecule has 1 saturated heterocycles. The van der Waals surface area contributed by atoms with E-state index in [1.165, 1.54) is 21.9 Å². The van der Waals surface area contributed by atoms with Gasteiger partial charge in [-0.25, -0.2) is 9.78 Å². The first kappa shape index (κ1) is 22.0. The number of carboxylic acid groups (broad SMARTS) is 1. The number of hydrogen-bond donors (Lipinski definition) is 1. The molecule has 35 heavy (non-hydrogen) atoms. The van der Waals surface area contributed by atoms with Crippen LogP contribution in [0.2, 0.25) is 0 Å². The molecule has 178 valence electrons. The van der Waals surface area contributed by atoms with Crippen LogP contribution < -0.4 is 5.56 Å². The van der Waals surface area contributed by atoms with Gasteiger partial charge in [-0.05, 0) is 73.6 Å². The minimum Gasteiger partial charge on any atom is -0.476 e. The molecule has 6 heteroatoms. The third kappa shape index (κ3) is 3.47. The van der Waals surface area contributed by atoms with Crippen molar-refractivity contribution < 1.29 is 9.90 Å². The van der Waals surface area contributed by atoms with Crippen molar-refractivity contribution in [3.8, 4) is 0 Å². The van der Waals surface area contributed by atoms with Crippen LogP contribution in [-0.4, -0.2) is 37.6 Å². The smallest absolute Gasteiger partial charge is 0.360 e. The molecule has 2 heterocycles. The molecule has 0 bridgehead atoms. The summed E-state index contributed by atoms with van der Waals surface area (Å²) in [6.45, 7) is 4.34. The van der Waals surface area contributed by atoms with Crippen LogP contribution >= 0.6 is 0 Å². The summed E-state index contributed by atoms with van der Waals surface area (Å²) >= 11 is 0. The zero-order chi connectivity index (χ0) is 24.3. The maximum absolute atomic E-state index is 13.2. The van der Waals surface area contributed by atoms with Gasteiger partial charge in [0.2, 0.25) is 5.69 Å². The number of carboxylic acids is 1. The van der Waals surface area contributed by atoms with Crippen molar-refractivity contribution in [3.63, 3.8) is 0 Å². The van der Waals surface area contributed by atoms with Crippen LogP contribution in [0.4, 0.5) is 0 Å². The van der Waals surface area contributed by atoms with E-state index in [1.54, 1.807) is 10.6 Å². The van der Waals surface area contributed by atoms with Crippen LogP contribution in [0.1, 0.15) is 66.8 Å². The third-order valence-electron chi connectivity index (χ3n) is 8.06. The fraction of sp³-hybridized carbons (Fsp3) is 0.345. The number of likely N-dealkylation sites (tertiary alicyclic amines) is 1. The van der Waals surface area contributed by atoms with Crippen molar-refractivity contribution in [2.45, 2.75) is 63.7 Å². The average molecular weight is 468 g/mol. The Bertz CT molecular complexity index is 1520. The van der Waals surface area contributed by atoms with Gasteiger partial charge in [0.15, 0.2) is 0 Å². The normalized spacial score (nSPS) is 22.7. The van der Waals surface area contributed by atoms with Gasteiger partial charge < -0.3 is 9.67 Å². The Morgan fingerprint density at radius 3 is 2.66 bits per heavy atom. The number of para-hydroxylation sites is 2. The standard InChI is InChI=1S/C29H29N3O3/c1-17-13-14-21(31(17)25-16-20-9-5-7-19-8-6-10-22(25)26(19)20)15-18(2)32-24-12-4-3-11-23(24)30-27(28(32)33)29(34)35/h3-12,17-18,21,25H,13-16H2,1-2H3,(H,34,35)/t17-,18-,21-,25?/m0/s1. The summed E-state index contributed by atoms with van der Waals surface area (Å²) in [7, 11) is 0. The van der Waals surface area contributed by atoms with E-state index in [0.29, 0.717) is 29.2 Å². The van der Waals surface area contributed by atoms with Crippen molar-refractivity contribution in [1.29, 1.82) is 0 Å². The second kappa shape index (κ2) is 8.31. The van der Waals surface area contributed by atoms with Crippen molar-refractivity contribution in [3.05, 3.63) is 87.8 Å². The highest BCUT2D eigenvalue weighted by Gasteiger charge is 2.40. The molecule has 0 spiro atoms. The number of aromatic nitrogens is 2. The number of rotatable bonds is 5. The van der Waals surface area contributed by atoms with E-state index in [1.807, 2.05) is 25.1 Å². The first-order valence-corrected chi connectivity index (χ1v) is 12.5. The fourth-order valence-corrected chi connectivity index (χ4v) is 6.60. The summed E-state index contributed by atoms with van der Waals surface area (Å²) in [5.41, 5.74) is 3.10. The highest BCUT2D eigenvalue weighted by Crippen LogP contribution is 2.45. The average Bonchev–Trinajstić information content (AvgIpc) is 3.39. The summed E-state index contributed by atoms with van der Waals surface area (Å²) in [4.78, 5) is 31.8. The van der Waals surface area contributed by atoms with Crippen LogP contribution in [0, 0.1) is 0 Å². The third-order valence-corrected chi connectivity index (χ3v) is 8.06. The van der Waals surface area contributed by atoms with E-state index >= 15 is 0 Å². The summed E-state index contributed by atoms with van der Waals surface area (Å²) in [6.07, 6.45) is 3.97. The van der Waals surface area contributed by atoms with Gasteiger partial charge in [0, 0.05) is 24.2 Å². The molecule has 1 fully saturated rings. The van der Waals surface area contributed by atoms with Crippen LogP contribution in [0.25, 0.3) is 21.8 Å². The number of benzene rings is 3. The van der Waals surface area contributed by atoms with Gasteiger partial charge in [-0.2, -0.15) is 0 Å². The van der Waals surface area contributed by atoms with E-state index in [2.05, 4.69) is 53.2 Å². The largest absolute Gasteiger partial charge is 0.476 e. The summed E-state index contributed by atoms with van der Waals surface area (Å²) in [5.74, 6) is -1.28. The number of carbonyl (C=O) groups is 1. The maximum Gasteiger partial charge on any atom is 0.360 e. The van der Waals surface area contributed by atoms with E-state index in [4.69, 9.17) is 0 Å². The summed E-state index contributed by atoms with van der Waals surface area (Å²) in [6, 6.07) is 21.5. The van der Waals surface area contributed by atoms with Crippen molar-refractivity contribution in [1.82, 2.24) is 14.5 Å². The molecular weight excluding hydrogens is 438 g/mol. The lowest BCUT2D eigenvalue weighted by Crippen LogP contribution is -2.40. The molecule has 6 nitrogen and oxygen atoms in total. The van der Waals surface area contributed by atoms with Crippen molar-refractivity contribution in [2.24, 2.45) is 0 Å². The molecule has 0 radical (unpaired) electrons. The molecule has 1 aliphatic heterocycles. The summed E-state index contributed by atoms with van der Waals surface area (Å²) in [5, 5.41) is 12.3. The fourth-order valence-electron chi connectivity index (χ4n) is 6.60. The van der Waals surface area contributed by atoms with Gasteiger partial charge in [-0.3, -0.25) is 9.69 Å². The van der Waals surface area contributed by atoms with Crippen LogP contribution in [0.3, 0.4) is 0 Å². The zero-order valence-corrected chi connectivity index (χ0v) is 20.0. The number of hydrogen-bond acceptors (Lipinski definition) is 4. The SMILES string of the molecule is C[C@H]1CC[C@@H](C[C@H](C)n2c(=O)c(C(=O)O)nc3ccccc32)N1C1Cc2cccc3cccc1c23. The summed E-state index contributed by atoms with van der Waals surface area (Å²) < 4.78 is 1.65. The highest BCUT2D eigenvalue weighted by atomic mass is 16.4. The maximum atomic E-state index is 13.2. The van der Waals surface area contributed by atoms with Gasteiger partial charge >= 0.3 is 5.97 Å². The number of fused-ring (bicyclic) bond motifs is 1. The molecule has 1 aromatic heterocycles. The number of nitrogens with zero attached hydrogens (tertiary/aromatic N) is 3. The topological polar surface area (TPSA) is 75.4 Å². The van der Waals surface area contributed by atoms with Gasteiger partial charge in [0.05, 0.1) is 11.0 Å². The monoisotopic (exact) mass is 467 g/mol. The van der Waals surface area contributed by atoms with Gasteiger partial charge in [0.25, 0.3) is 5.56 Å². The number of aromatic carboxylic acids is 1. The predicted octanol–water partition coefficient (Wildman–Crippen LogP) is 5.35. The molecule has 1 N–H and O–H groups in total. The molecule has 1 aliphatic carbocycles. The van der Waals surface area contributed by atoms with Crippen molar-refractivity contribution >= 4 is 27.8 Å². The molecule has 0 amide bonds. The molecule has 3 aromatic carbocycles. The Hall–Kier alpha value is -3.51. The van der Waals surface area contributed by atoms with Crippen molar-refractivity contribution in [2.75, 3.05) is 0 Å². The molecule has 1 unspecified atom stereocenters. The van der Waals surface area contributed by atoms with E-state index < -0.39 is 17.2 Å². The first-order valence-electron chi connectivity index (χ1n) is 12.5. The van der Waals surface area contributed by atoms with Gasteiger partial charge in [-0.1, -0.05) is 48.5 Å². The van der Waals surface area contributed by atoms with E-state index in [-0.39, 0.29) is 6.04 Å². The second-order valence-electron chi connectivity index (χ2n) is 10.1.